The Bertz CT molecular complexity index is 1790. The number of aryl methyl sites for hydroxylation is 2. The van der Waals surface area contributed by atoms with Gasteiger partial charge in [0.05, 0.1) is 23.8 Å². The second kappa shape index (κ2) is 13.9. The Morgan fingerprint density at radius 3 is 1.90 bits per heavy atom. The van der Waals surface area contributed by atoms with Crippen LogP contribution in [0.2, 0.25) is 5.15 Å². The number of likely N-dealkylation sites (tertiary alicyclic amines) is 3. The molecule has 6 aromatic rings. The highest BCUT2D eigenvalue weighted by Crippen LogP contribution is 2.37. The molecular weight excluding hydrogens is 626 g/mol. The summed E-state index contributed by atoms with van der Waals surface area (Å²) in [6.45, 7) is 7.45. The number of imidazole rings is 1. The molecule has 3 saturated heterocycles. The highest BCUT2D eigenvalue weighted by Gasteiger charge is 2.28. The number of aromatic amines is 1. The van der Waals surface area contributed by atoms with Gasteiger partial charge in [0, 0.05) is 64.5 Å². The van der Waals surface area contributed by atoms with Gasteiger partial charge in [0.15, 0.2) is 17.1 Å². The minimum atomic E-state index is 0.426. The molecule has 48 heavy (non-hydrogen) atoms. The van der Waals surface area contributed by atoms with Crippen LogP contribution < -0.4 is 0 Å². The third-order valence-electron chi connectivity index (χ3n) is 10.4. The van der Waals surface area contributed by atoms with E-state index in [2.05, 4.69) is 65.7 Å². The lowest BCUT2D eigenvalue weighted by molar-refractivity contribution is 0.316. The molecule has 6 aromatic heterocycles. The van der Waals surface area contributed by atoms with Gasteiger partial charge in [0.25, 0.3) is 0 Å². The van der Waals surface area contributed by atoms with Crippen LogP contribution in [-0.2, 0) is 0 Å². The molecule has 9 heterocycles. The van der Waals surface area contributed by atoms with Crippen LogP contribution in [-0.4, -0.2) is 85.4 Å². The maximum atomic E-state index is 6.02. The first kappa shape index (κ1) is 32.6. The fraction of sp³-hybridized carbons (Fsp3) is 0.472. The van der Waals surface area contributed by atoms with Gasteiger partial charge in [-0.1, -0.05) is 11.6 Å². The summed E-state index contributed by atoms with van der Waals surface area (Å²) < 4.78 is 11.1. The molecule has 0 saturated carbocycles. The Kier molecular flexibility index (Phi) is 9.46. The zero-order valence-electron chi connectivity index (χ0n) is 28.4. The monoisotopic (exact) mass is 669 g/mol. The standard InChI is InChI=1S/C13H16N2O.C12H15N3O.C11H13ClN4/c1-9-10-5-7-16-13(10)11(8-14-9)12-4-3-6-15(12)2;1-8-11-12(16-7-14-11)9(6-13-8)10-4-3-5-15(10)2;1-16-4-2-3-8(16)7-5-13-11(12)10-9(7)14-6-15-10/h5,7-8,12H,3-4,6H2,1-2H3;6-7,10H,3-5H2,1-2H3;5-6,8H,2-4H2,1H3,(H,14,15)/t12-;10-;8-/m000/s1. The molecule has 0 amide bonds. The van der Waals surface area contributed by atoms with Gasteiger partial charge in [-0.05, 0) is 99.2 Å². The van der Waals surface area contributed by atoms with Crippen molar-refractivity contribution in [2.45, 2.75) is 70.5 Å². The summed E-state index contributed by atoms with van der Waals surface area (Å²) >= 11 is 6.02. The quantitative estimate of drug-likeness (QED) is 0.189. The normalized spacial score (nSPS) is 22.0. The SMILES string of the molecule is CN1CCC[C@H]1c1cnc(Cl)c2[nH]cnc12.Cc1ncc([C@@H]2CCCN2C)c2occc12.Cc1ncc([C@@H]2CCCN2C)c2ocnc12. The fourth-order valence-electron chi connectivity index (χ4n) is 7.66. The number of hydrogen-bond donors (Lipinski definition) is 1. The first-order chi connectivity index (χ1) is 23.3. The minimum absolute atomic E-state index is 0.426. The molecule has 0 unspecified atom stereocenters. The van der Waals surface area contributed by atoms with E-state index < -0.39 is 0 Å². The fourth-order valence-corrected chi connectivity index (χ4v) is 7.85. The number of halogens is 1. The van der Waals surface area contributed by atoms with E-state index in [0.717, 1.165) is 57.6 Å². The number of nitrogens with one attached hydrogen (secondary N) is 1. The van der Waals surface area contributed by atoms with Crippen molar-refractivity contribution in [3.05, 3.63) is 76.9 Å². The lowest BCUT2D eigenvalue weighted by Gasteiger charge is -2.19. The maximum Gasteiger partial charge on any atom is 0.182 e. The van der Waals surface area contributed by atoms with E-state index in [9.17, 15) is 0 Å². The molecule has 0 spiro atoms. The highest BCUT2D eigenvalue weighted by atomic mass is 35.5. The van der Waals surface area contributed by atoms with Crippen LogP contribution in [0.25, 0.3) is 33.1 Å². The summed E-state index contributed by atoms with van der Waals surface area (Å²) in [5.74, 6) is 0. The topological polar surface area (TPSA) is 116 Å². The van der Waals surface area contributed by atoms with Gasteiger partial charge in [-0.15, -0.1) is 0 Å². The number of rotatable bonds is 3. The Morgan fingerprint density at radius 2 is 1.27 bits per heavy atom. The van der Waals surface area contributed by atoms with E-state index >= 15 is 0 Å². The van der Waals surface area contributed by atoms with E-state index in [-0.39, 0.29) is 0 Å². The Balaban J connectivity index is 0.000000114. The molecule has 0 aromatic carbocycles. The highest BCUT2D eigenvalue weighted by molar-refractivity contribution is 6.33. The van der Waals surface area contributed by atoms with E-state index in [1.807, 2.05) is 38.5 Å². The van der Waals surface area contributed by atoms with Crippen molar-refractivity contribution >= 4 is 44.7 Å². The molecule has 3 aliphatic heterocycles. The first-order valence-electron chi connectivity index (χ1n) is 16.9. The number of fused-ring (bicyclic) bond motifs is 3. The molecule has 0 radical (unpaired) electrons. The summed E-state index contributed by atoms with van der Waals surface area (Å²) in [7, 11) is 6.47. The number of H-pyrrole nitrogens is 1. The van der Waals surface area contributed by atoms with E-state index in [4.69, 9.17) is 20.4 Å². The third-order valence-corrected chi connectivity index (χ3v) is 10.6. The zero-order valence-corrected chi connectivity index (χ0v) is 29.2. The lowest BCUT2D eigenvalue weighted by atomic mass is 10.0. The van der Waals surface area contributed by atoms with Crippen LogP contribution in [0.3, 0.4) is 0 Å². The molecule has 0 bridgehead atoms. The average Bonchev–Trinajstić information content (AvgIpc) is 3.92. The molecule has 9 rings (SSSR count). The number of hydrogen-bond acceptors (Lipinski definition) is 10. The summed E-state index contributed by atoms with van der Waals surface area (Å²) in [6.07, 6.45) is 18.0. The summed E-state index contributed by atoms with van der Waals surface area (Å²) in [5, 5.41) is 1.65. The third kappa shape index (κ3) is 6.20. The molecule has 11 nitrogen and oxygen atoms in total. The van der Waals surface area contributed by atoms with Crippen LogP contribution in [0.4, 0.5) is 0 Å². The number of oxazole rings is 1. The second-order valence-electron chi connectivity index (χ2n) is 13.3. The van der Waals surface area contributed by atoms with Crippen LogP contribution in [0.15, 0.2) is 52.5 Å². The van der Waals surface area contributed by atoms with Crippen molar-refractivity contribution in [3.63, 3.8) is 0 Å². The van der Waals surface area contributed by atoms with Crippen LogP contribution in [0, 0.1) is 13.8 Å². The minimum Gasteiger partial charge on any atom is -0.464 e. The van der Waals surface area contributed by atoms with Crippen molar-refractivity contribution in [3.8, 4) is 0 Å². The molecule has 3 aliphatic rings. The zero-order chi connectivity index (χ0) is 33.4. The van der Waals surface area contributed by atoms with Gasteiger partial charge >= 0.3 is 0 Å². The molecule has 3 atom stereocenters. The van der Waals surface area contributed by atoms with Gasteiger partial charge in [0.1, 0.15) is 16.6 Å². The smallest absolute Gasteiger partial charge is 0.182 e. The Labute approximate surface area is 285 Å². The van der Waals surface area contributed by atoms with Gasteiger partial charge < -0.3 is 13.8 Å². The lowest BCUT2D eigenvalue weighted by Crippen LogP contribution is -2.18. The van der Waals surface area contributed by atoms with Crippen molar-refractivity contribution in [2.24, 2.45) is 0 Å². The first-order valence-corrected chi connectivity index (χ1v) is 17.3. The molecule has 252 valence electrons. The number of furan rings is 1. The number of aromatic nitrogens is 6. The molecule has 0 aliphatic carbocycles. The Morgan fingerprint density at radius 1 is 0.688 bits per heavy atom. The van der Waals surface area contributed by atoms with E-state index in [1.54, 1.807) is 12.6 Å². The molecule has 12 heteroatoms. The van der Waals surface area contributed by atoms with Crippen molar-refractivity contribution < 1.29 is 8.83 Å². The molecular formula is C36H44ClN9O2. The summed E-state index contributed by atoms with van der Waals surface area (Å²) in [5.41, 5.74) is 10.2. The van der Waals surface area contributed by atoms with E-state index in [0.29, 0.717) is 23.3 Å². The average molecular weight is 670 g/mol. The summed E-state index contributed by atoms with van der Waals surface area (Å²) in [6, 6.07) is 3.34. The van der Waals surface area contributed by atoms with Gasteiger partial charge in [-0.25, -0.2) is 15.0 Å². The second-order valence-corrected chi connectivity index (χ2v) is 13.7. The Hall–Kier alpha value is -3.90. The van der Waals surface area contributed by atoms with Crippen LogP contribution >= 0.6 is 11.6 Å². The van der Waals surface area contributed by atoms with Crippen LogP contribution in [0.5, 0.6) is 0 Å². The number of pyridine rings is 3. The maximum absolute atomic E-state index is 6.02. The van der Waals surface area contributed by atoms with Gasteiger partial charge in [-0.3, -0.25) is 24.7 Å². The molecule has 1 N–H and O–H groups in total. The van der Waals surface area contributed by atoms with Gasteiger partial charge in [-0.2, -0.15) is 0 Å². The largest absolute Gasteiger partial charge is 0.464 e. The van der Waals surface area contributed by atoms with E-state index in [1.165, 1.54) is 68.2 Å². The van der Waals surface area contributed by atoms with Crippen molar-refractivity contribution in [2.75, 3.05) is 40.8 Å². The van der Waals surface area contributed by atoms with Crippen molar-refractivity contribution in [1.82, 2.24) is 44.6 Å². The predicted octanol–water partition coefficient (Wildman–Crippen LogP) is 7.58. The predicted molar refractivity (Wildman–Crippen MR) is 188 cm³/mol. The van der Waals surface area contributed by atoms with Gasteiger partial charge in [0.2, 0.25) is 0 Å². The molecule has 3 fully saturated rings. The summed E-state index contributed by atoms with van der Waals surface area (Å²) in [4.78, 5) is 31.8. The number of nitrogens with zero attached hydrogens (tertiary/aromatic N) is 8. The van der Waals surface area contributed by atoms with Crippen LogP contribution in [0.1, 0.15) is 84.7 Å². The van der Waals surface area contributed by atoms with Crippen molar-refractivity contribution in [1.29, 1.82) is 0 Å².